The summed E-state index contributed by atoms with van der Waals surface area (Å²) in [5.41, 5.74) is 0.768. The molecular weight excluding hydrogens is 418 g/mol. The molecule has 156 valence electrons. The van der Waals surface area contributed by atoms with Crippen LogP contribution in [-0.2, 0) is 0 Å². The van der Waals surface area contributed by atoms with Gasteiger partial charge in [-0.2, -0.15) is 0 Å². The van der Waals surface area contributed by atoms with Crippen LogP contribution < -0.4 is 9.62 Å². The summed E-state index contributed by atoms with van der Waals surface area (Å²) in [4.78, 5) is 14.0. The van der Waals surface area contributed by atoms with Gasteiger partial charge >= 0.3 is 0 Å². The Hall–Kier alpha value is -1.97. The number of hydrogen-bond acceptors (Lipinski definition) is 6. The van der Waals surface area contributed by atoms with Gasteiger partial charge in [-0.15, -0.1) is 0 Å². The number of aromatic nitrogens is 3. The number of imidazole rings is 1. The van der Waals surface area contributed by atoms with Crippen LogP contribution in [0.25, 0.3) is 17.3 Å². The molecule has 1 unspecified atom stereocenters. The molecule has 3 rings (SSSR count). The van der Waals surface area contributed by atoms with Crippen LogP contribution >= 0.6 is 23.5 Å². The van der Waals surface area contributed by atoms with E-state index >= 15 is 0 Å². The zero-order chi connectivity index (χ0) is 20.8. The normalized spacial score (nSPS) is 17.4. The standard InChI is InChI=1S/C19H23ClF2N6S/c1-29-25-9-12-3-2-6-28(11-12)18-8-13(7-16(20)27-18)15-10-24-17(26-15)5-4-14(23)19(21)22/h4-5,7-8,10,12,19,23,25H,2-3,6,9,11H2,1H3,(H,24,26)/b5-4-,23-14?. The number of pyridine rings is 1. The maximum atomic E-state index is 12.4. The van der Waals surface area contributed by atoms with Crippen LogP contribution in [0.1, 0.15) is 18.7 Å². The van der Waals surface area contributed by atoms with Gasteiger partial charge in [-0.25, -0.2) is 18.7 Å². The fraction of sp³-hybridized carbons (Fsp3) is 0.421. The second-order valence-electron chi connectivity index (χ2n) is 6.82. The number of alkyl halides is 2. The number of piperidine rings is 1. The molecular formula is C19H23ClF2N6S. The number of nitrogens with zero attached hydrogens (tertiary/aromatic N) is 3. The van der Waals surface area contributed by atoms with E-state index in [0.717, 1.165) is 43.5 Å². The van der Waals surface area contributed by atoms with Crippen molar-refractivity contribution >= 4 is 41.2 Å². The summed E-state index contributed by atoms with van der Waals surface area (Å²) in [5.74, 6) is 1.75. The second-order valence-corrected chi connectivity index (χ2v) is 7.90. The molecule has 0 amide bonds. The summed E-state index contributed by atoms with van der Waals surface area (Å²) in [6.07, 6.45) is 5.50. The van der Waals surface area contributed by atoms with E-state index in [4.69, 9.17) is 17.0 Å². The molecule has 29 heavy (non-hydrogen) atoms. The number of nitrogens with one attached hydrogen (secondary N) is 3. The average molecular weight is 441 g/mol. The Morgan fingerprint density at radius 1 is 1.52 bits per heavy atom. The van der Waals surface area contributed by atoms with E-state index in [1.807, 2.05) is 12.3 Å². The largest absolute Gasteiger partial charge is 0.356 e. The fourth-order valence-corrected chi connectivity index (χ4v) is 3.86. The predicted molar refractivity (Wildman–Crippen MR) is 116 cm³/mol. The quantitative estimate of drug-likeness (QED) is 0.320. The van der Waals surface area contributed by atoms with Gasteiger partial charge in [0.15, 0.2) is 0 Å². The first-order chi connectivity index (χ1) is 14.0. The molecule has 1 aliphatic heterocycles. The highest BCUT2D eigenvalue weighted by atomic mass is 35.5. The highest BCUT2D eigenvalue weighted by Crippen LogP contribution is 2.28. The number of allylic oxidation sites excluding steroid dienone is 1. The van der Waals surface area contributed by atoms with Crippen LogP contribution in [0.15, 0.2) is 24.4 Å². The van der Waals surface area contributed by atoms with E-state index in [1.165, 1.54) is 12.5 Å². The number of hydrogen-bond donors (Lipinski definition) is 3. The van der Waals surface area contributed by atoms with Gasteiger partial charge in [0.25, 0.3) is 6.43 Å². The third kappa shape index (κ3) is 6.01. The monoisotopic (exact) mass is 440 g/mol. The van der Waals surface area contributed by atoms with E-state index in [0.29, 0.717) is 22.6 Å². The summed E-state index contributed by atoms with van der Waals surface area (Å²) < 4.78 is 28.2. The van der Waals surface area contributed by atoms with Gasteiger partial charge in [-0.3, -0.25) is 10.1 Å². The van der Waals surface area contributed by atoms with E-state index < -0.39 is 12.1 Å². The SMILES string of the molecule is CSNCC1CCCN(c2cc(-c3cnc(/C=C\C(=N)C(F)F)[nH]3)cc(Cl)n2)C1. The van der Waals surface area contributed by atoms with Crippen molar-refractivity contribution in [3.63, 3.8) is 0 Å². The van der Waals surface area contributed by atoms with Crippen molar-refractivity contribution in [1.29, 1.82) is 5.41 Å². The fourth-order valence-electron chi connectivity index (χ4n) is 3.25. The molecule has 0 aliphatic carbocycles. The van der Waals surface area contributed by atoms with Crippen LogP contribution in [0.3, 0.4) is 0 Å². The minimum absolute atomic E-state index is 0.382. The Labute approximate surface area is 177 Å². The lowest BCUT2D eigenvalue weighted by molar-refractivity contribution is 0.226. The van der Waals surface area contributed by atoms with E-state index in [-0.39, 0.29) is 0 Å². The molecule has 1 atom stereocenters. The maximum absolute atomic E-state index is 12.4. The Balaban J connectivity index is 1.76. The highest BCUT2D eigenvalue weighted by molar-refractivity contribution is 7.96. The Bertz CT molecular complexity index is 872. The zero-order valence-electron chi connectivity index (χ0n) is 16.0. The van der Waals surface area contributed by atoms with E-state index in [2.05, 4.69) is 24.6 Å². The molecule has 1 aliphatic rings. The molecule has 10 heteroatoms. The van der Waals surface area contributed by atoms with Gasteiger partial charge in [-0.05, 0) is 49.3 Å². The van der Waals surface area contributed by atoms with Crippen molar-refractivity contribution < 1.29 is 8.78 Å². The van der Waals surface area contributed by atoms with Crippen molar-refractivity contribution in [1.82, 2.24) is 19.7 Å². The molecule has 2 aromatic rings. The Morgan fingerprint density at radius 3 is 3.10 bits per heavy atom. The van der Waals surface area contributed by atoms with Gasteiger partial charge in [0.05, 0.1) is 17.6 Å². The minimum Gasteiger partial charge on any atom is -0.356 e. The average Bonchev–Trinajstić information content (AvgIpc) is 3.19. The molecule has 3 N–H and O–H groups in total. The van der Waals surface area contributed by atoms with Crippen LogP contribution in [-0.4, -0.2) is 53.0 Å². The summed E-state index contributed by atoms with van der Waals surface area (Å²) in [6.45, 7) is 2.79. The zero-order valence-corrected chi connectivity index (χ0v) is 17.5. The highest BCUT2D eigenvalue weighted by Gasteiger charge is 2.21. The number of anilines is 1. The maximum Gasteiger partial charge on any atom is 0.279 e. The summed E-state index contributed by atoms with van der Waals surface area (Å²) >= 11 is 7.90. The minimum atomic E-state index is -2.80. The molecule has 3 heterocycles. The lowest BCUT2D eigenvalue weighted by atomic mass is 9.98. The molecule has 0 spiro atoms. The number of halogens is 3. The summed E-state index contributed by atoms with van der Waals surface area (Å²) in [5, 5.41) is 7.56. The van der Waals surface area contributed by atoms with Crippen molar-refractivity contribution in [2.24, 2.45) is 5.92 Å². The van der Waals surface area contributed by atoms with Crippen LogP contribution in [0.5, 0.6) is 0 Å². The first kappa shape index (κ1) is 21.7. The lowest BCUT2D eigenvalue weighted by Gasteiger charge is -2.33. The van der Waals surface area contributed by atoms with Gasteiger partial charge in [0, 0.05) is 25.2 Å². The van der Waals surface area contributed by atoms with Crippen molar-refractivity contribution in [3.05, 3.63) is 35.4 Å². The first-order valence-electron chi connectivity index (χ1n) is 9.24. The van der Waals surface area contributed by atoms with Crippen LogP contribution in [0.2, 0.25) is 5.15 Å². The third-order valence-corrected chi connectivity index (χ3v) is 5.35. The predicted octanol–water partition coefficient (Wildman–Crippen LogP) is 4.51. The molecule has 0 saturated carbocycles. The molecule has 0 bridgehead atoms. The number of aromatic amines is 1. The van der Waals surface area contributed by atoms with E-state index in [1.54, 1.807) is 24.2 Å². The summed E-state index contributed by atoms with van der Waals surface area (Å²) in [6, 6.07) is 3.70. The topological polar surface area (TPSA) is 80.7 Å². The van der Waals surface area contributed by atoms with Crippen molar-refractivity contribution in [2.45, 2.75) is 19.3 Å². The number of rotatable bonds is 8. The van der Waals surface area contributed by atoms with Gasteiger partial charge in [0.2, 0.25) is 0 Å². The number of H-pyrrole nitrogens is 1. The van der Waals surface area contributed by atoms with Gasteiger partial charge < -0.3 is 9.88 Å². The van der Waals surface area contributed by atoms with Crippen LogP contribution in [0.4, 0.5) is 14.6 Å². The van der Waals surface area contributed by atoms with Crippen molar-refractivity contribution in [2.75, 3.05) is 30.8 Å². The molecule has 6 nitrogen and oxygen atoms in total. The van der Waals surface area contributed by atoms with E-state index in [9.17, 15) is 8.78 Å². The molecule has 1 fully saturated rings. The van der Waals surface area contributed by atoms with Crippen molar-refractivity contribution in [3.8, 4) is 11.3 Å². The Morgan fingerprint density at radius 2 is 2.34 bits per heavy atom. The molecule has 1 saturated heterocycles. The van der Waals surface area contributed by atoms with Gasteiger partial charge in [-0.1, -0.05) is 23.5 Å². The molecule has 2 aromatic heterocycles. The van der Waals surface area contributed by atoms with Gasteiger partial charge in [0.1, 0.15) is 16.8 Å². The Kier molecular flexibility index (Phi) is 7.63. The smallest absolute Gasteiger partial charge is 0.279 e. The summed E-state index contributed by atoms with van der Waals surface area (Å²) in [7, 11) is 0. The second kappa shape index (κ2) is 10.2. The molecule has 0 radical (unpaired) electrons. The first-order valence-corrected chi connectivity index (χ1v) is 10.8. The third-order valence-electron chi connectivity index (χ3n) is 4.70. The molecule has 0 aromatic carbocycles. The van der Waals surface area contributed by atoms with Crippen LogP contribution in [0, 0.1) is 11.3 Å². The lowest BCUT2D eigenvalue weighted by Crippen LogP contribution is -2.39.